The van der Waals surface area contributed by atoms with Gasteiger partial charge in [0.05, 0.1) is 20.9 Å². The lowest BCUT2D eigenvalue weighted by Gasteiger charge is -2.03. The van der Waals surface area contributed by atoms with Gasteiger partial charge in [-0.15, -0.1) is 0 Å². The van der Waals surface area contributed by atoms with Gasteiger partial charge < -0.3 is 4.57 Å². The maximum absolute atomic E-state index is 12.3. The number of sulfone groups is 1. The number of nitrogens with zero attached hydrogens (tertiary/aromatic N) is 2. The van der Waals surface area contributed by atoms with Crippen LogP contribution in [0.25, 0.3) is 10.2 Å². The van der Waals surface area contributed by atoms with Gasteiger partial charge in [0, 0.05) is 18.5 Å². The summed E-state index contributed by atoms with van der Waals surface area (Å²) in [4.78, 5) is 17.3. The summed E-state index contributed by atoms with van der Waals surface area (Å²) < 4.78 is 27.7. The lowest BCUT2D eigenvalue weighted by atomic mass is 10.1. The number of fused-ring (bicyclic) bond motifs is 1. The molecule has 3 rings (SSSR count). The van der Waals surface area contributed by atoms with Gasteiger partial charge in [0.1, 0.15) is 0 Å². The van der Waals surface area contributed by atoms with E-state index in [1.165, 1.54) is 23.5 Å². The minimum atomic E-state index is -3.44. The van der Waals surface area contributed by atoms with Crippen molar-refractivity contribution >= 4 is 48.9 Å². The van der Waals surface area contributed by atoms with Crippen LogP contribution >= 0.6 is 22.9 Å². The van der Waals surface area contributed by atoms with Crippen LogP contribution in [0.2, 0.25) is 5.02 Å². The number of carbonyl (C=O) groups is 1. The molecule has 0 spiro atoms. The van der Waals surface area contributed by atoms with Crippen LogP contribution < -0.4 is 4.80 Å². The van der Waals surface area contributed by atoms with Crippen molar-refractivity contribution in [3.05, 3.63) is 57.3 Å². The molecule has 0 fully saturated rings. The predicted octanol–water partition coefficient (Wildman–Crippen LogP) is 4.19. The molecule has 0 saturated heterocycles. The second-order valence-electron chi connectivity index (χ2n) is 6.70. The maximum atomic E-state index is 12.3. The average molecular weight is 437 g/mol. The third-order valence-corrected chi connectivity index (χ3v) is 7.88. The second kappa shape index (κ2) is 8.19. The Morgan fingerprint density at radius 3 is 2.39 bits per heavy atom. The van der Waals surface area contributed by atoms with Crippen LogP contribution in [0.1, 0.15) is 24.0 Å². The summed E-state index contributed by atoms with van der Waals surface area (Å²) in [6.07, 6.45) is 0.305. The summed E-state index contributed by atoms with van der Waals surface area (Å²) in [6.45, 7) is 4.06. The number of benzene rings is 2. The molecule has 3 aromatic rings. The van der Waals surface area contributed by atoms with Crippen LogP contribution in [0.3, 0.4) is 0 Å². The number of halogens is 1. The Labute approximate surface area is 173 Å². The first kappa shape index (κ1) is 20.8. The van der Waals surface area contributed by atoms with E-state index in [1.807, 2.05) is 25.5 Å². The zero-order chi connectivity index (χ0) is 20.5. The molecular formula is C20H21ClN2O3S2. The Kier molecular flexibility index (Phi) is 6.07. The third-order valence-electron chi connectivity index (χ3n) is 4.54. The van der Waals surface area contributed by atoms with Crippen molar-refractivity contribution in [1.29, 1.82) is 0 Å². The summed E-state index contributed by atoms with van der Waals surface area (Å²) >= 11 is 7.27. The number of amides is 1. The summed E-state index contributed by atoms with van der Waals surface area (Å²) in [6, 6.07) is 10.1. The van der Waals surface area contributed by atoms with Gasteiger partial charge in [-0.05, 0) is 55.7 Å². The molecule has 148 valence electrons. The van der Waals surface area contributed by atoms with Crippen molar-refractivity contribution in [3.63, 3.8) is 0 Å². The van der Waals surface area contributed by atoms with Crippen molar-refractivity contribution in [2.24, 2.45) is 12.0 Å². The summed E-state index contributed by atoms with van der Waals surface area (Å²) in [7, 11) is -1.55. The summed E-state index contributed by atoms with van der Waals surface area (Å²) in [5.41, 5.74) is 3.34. The fourth-order valence-corrected chi connectivity index (χ4v) is 5.62. The molecule has 1 heterocycles. The van der Waals surface area contributed by atoms with Crippen molar-refractivity contribution in [3.8, 4) is 0 Å². The Morgan fingerprint density at radius 2 is 1.75 bits per heavy atom. The number of rotatable bonds is 5. The van der Waals surface area contributed by atoms with E-state index in [1.54, 1.807) is 12.1 Å². The molecule has 0 N–H and O–H groups in total. The Balaban J connectivity index is 1.73. The molecule has 0 saturated carbocycles. The minimum absolute atomic E-state index is 0.0824. The molecule has 0 atom stereocenters. The molecule has 8 heteroatoms. The predicted molar refractivity (Wildman–Crippen MR) is 114 cm³/mol. The van der Waals surface area contributed by atoms with E-state index >= 15 is 0 Å². The van der Waals surface area contributed by atoms with Crippen molar-refractivity contribution in [2.75, 3.05) is 5.75 Å². The van der Waals surface area contributed by atoms with Gasteiger partial charge in [-0.25, -0.2) is 8.42 Å². The van der Waals surface area contributed by atoms with E-state index < -0.39 is 9.84 Å². The van der Waals surface area contributed by atoms with Crippen LogP contribution in [0.4, 0.5) is 0 Å². The Morgan fingerprint density at radius 1 is 1.11 bits per heavy atom. The molecule has 2 aromatic carbocycles. The zero-order valence-corrected chi connectivity index (χ0v) is 18.3. The van der Waals surface area contributed by atoms with Gasteiger partial charge in [0.2, 0.25) is 5.91 Å². The second-order valence-corrected chi connectivity index (χ2v) is 10.2. The fraction of sp³-hybridized carbons (Fsp3) is 0.300. The van der Waals surface area contributed by atoms with Crippen LogP contribution in [0.5, 0.6) is 0 Å². The van der Waals surface area contributed by atoms with E-state index in [-0.39, 0.29) is 29.4 Å². The highest BCUT2D eigenvalue weighted by molar-refractivity contribution is 7.91. The molecule has 0 radical (unpaired) electrons. The highest BCUT2D eigenvalue weighted by atomic mass is 35.5. The maximum Gasteiger partial charge on any atom is 0.248 e. The average Bonchev–Trinajstić information content (AvgIpc) is 2.96. The molecule has 1 aromatic heterocycles. The van der Waals surface area contributed by atoms with Crippen LogP contribution in [0, 0.1) is 13.8 Å². The number of aromatic nitrogens is 1. The van der Waals surface area contributed by atoms with Crippen molar-refractivity contribution in [2.45, 2.75) is 31.6 Å². The number of hydrogen-bond acceptors (Lipinski definition) is 4. The smallest absolute Gasteiger partial charge is 0.248 e. The molecule has 0 aliphatic carbocycles. The highest BCUT2D eigenvalue weighted by Crippen LogP contribution is 2.24. The molecule has 0 aliphatic heterocycles. The van der Waals surface area contributed by atoms with Gasteiger partial charge in [0.25, 0.3) is 0 Å². The monoisotopic (exact) mass is 436 g/mol. The summed E-state index contributed by atoms with van der Waals surface area (Å²) in [5.74, 6) is -0.420. The van der Waals surface area contributed by atoms with E-state index in [0.29, 0.717) is 9.82 Å². The molecular weight excluding hydrogens is 416 g/mol. The third kappa shape index (κ3) is 4.37. The minimum Gasteiger partial charge on any atom is -0.319 e. The molecule has 0 bridgehead atoms. The summed E-state index contributed by atoms with van der Waals surface area (Å²) in [5, 5.41) is 0.481. The number of hydrogen-bond donors (Lipinski definition) is 0. The zero-order valence-electron chi connectivity index (χ0n) is 15.9. The van der Waals surface area contributed by atoms with E-state index in [0.717, 1.165) is 21.3 Å². The van der Waals surface area contributed by atoms with E-state index in [4.69, 9.17) is 11.6 Å². The fourth-order valence-electron chi connectivity index (χ4n) is 3.01. The molecule has 5 nitrogen and oxygen atoms in total. The quantitative estimate of drug-likeness (QED) is 0.602. The van der Waals surface area contributed by atoms with Crippen LogP contribution in [0.15, 0.2) is 46.3 Å². The normalized spacial score (nSPS) is 12.6. The van der Waals surface area contributed by atoms with Gasteiger partial charge in [-0.3, -0.25) is 4.79 Å². The molecule has 28 heavy (non-hydrogen) atoms. The van der Waals surface area contributed by atoms with Gasteiger partial charge in [-0.2, -0.15) is 4.99 Å². The lowest BCUT2D eigenvalue weighted by Crippen LogP contribution is -2.14. The standard InChI is InChI=1S/C20H21ClN2O3S2/c1-13-6-7-14(2)19-18(13)23(3)20(27-19)22-17(24)5-4-12-28(25,26)16-10-8-15(21)9-11-16/h6-11H,4-5,12H2,1-3H3. The van der Waals surface area contributed by atoms with Crippen molar-refractivity contribution < 1.29 is 13.2 Å². The van der Waals surface area contributed by atoms with E-state index in [2.05, 4.69) is 17.1 Å². The first-order chi connectivity index (χ1) is 13.2. The highest BCUT2D eigenvalue weighted by Gasteiger charge is 2.15. The number of thiazole rings is 1. The van der Waals surface area contributed by atoms with Gasteiger partial charge in [-0.1, -0.05) is 35.1 Å². The van der Waals surface area contributed by atoms with Crippen LogP contribution in [-0.2, 0) is 21.7 Å². The van der Waals surface area contributed by atoms with Crippen molar-refractivity contribution in [1.82, 2.24) is 4.57 Å². The first-order valence-corrected chi connectivity index (χ1v) is 11.7. The Hall–Kier alpha value is -1.96. The topological polar surface area (TPSA) is 68.5 Å². The number of carbonyl (C=O) groups excluding carboxylic acids is 1. The molecule has 0 aliphatic rings. The largest absolute Gasteiger partial charge is 0.319 e. The first-order valence-electron chi connectivity index (χ1n) is 8.80. The van der Waals surface area contributed by atoms with Crippen LogP contribution in [-0.4, -0.2) is 24.6 Å². The van der Waals surface area contributed by atoms with Gasteiger partial charge in [0.15, 0.2) is 14.6 Å². The number of aryl methyl sites for hydroxylation is 3. The lowest BCUT2D eigenvalue weighted by molar-refractivity contribution is -0.118. The molecule has 0 unspecified atom stereocenters. The molecule has 1 amide bonds. The SMILES string of the molecule is Cc1ccc(C)c2c1sc(=NC(=O)CCCS(=O)(=O)c1ccc(Cl)cc1)n2C. The van der Waals surface area contributed by atoms with Gasteiger partial charge >= 0.3 is 0 Å². The Bertz CT molecular complexity index is 1210. The van der Waals surface area contributed by atoms with E-state index in [9.17, 15) is 13.2 Å².